The van der Waals surface area contributed by atoms with Crippen molar-refractivity contribution in [2.24, 2.45) is 0 Å². The lowest BCUT2D eigenvalue weighted by molar-refractivity contribution is -0.141. The number of hydrogen-bond acceptors (Lipinski definition) is 4. The average Bonchev–Trinajstić information content (AvgIpc) is 2.94. The third kappa shape index (κ3) is 3.80. The van der Waals surface area contributed by atoms with Gasteiger partial charge in [-0.05, 0) is 20.3 Å². The SMILES string of the molecule is CCC(O)CN1CCN(C(=O)C(C)(C)n2cc(Cl)cn2)CC1. The number of hydrogen-bond donors (Lipinski definition) is 1. The van der Waals surface area contributed by atoms with E-state index < -0.39 is 5.54 Å². The first-order valence-corrected chi connectivity index (χ1v) is 8.12. The summed E-state index contributed by atoms with van der Waals surface area (Å²) in [5.74, 6) is 0.0444. The van der Waals surface area contributed by atoms with E-state index in [1.54, 1.807) is 17.1 Å². The van der Waals surface area contributed by atoms with E-state index in [0.29, 0.717) is 24.7 Å². The maximum absolute atomic E-state index is 12.8. The number of piperazine rings is 1. The molecule has 0 radical (unpaired) electrons. The van der Waals surface area contributed by atoms with Crippen LogP contribution in [0.1, 0.15) is 27.2 Å². The largest absolute Gasteiger partial charge is 0.392 e. The van der Waals surface area contributed by atoms with E-state index in [1.807, 2.05) is 25.7 Å². The molecule has 0 saturated carbocycles. The van der Waals surface area contributed by atoms with Crippen molar-refractivity contribution in [3.63, 3.8) is 0 Å². The van der Waals surface area contributed by atoms with Crippen LogP contribution in [0.15, 0.2) is 12.4 Å². The van der Waals surface area contributed by atoms with Crippen LogP contribution >= 0.6 is 11.6 Å². The highest BCUT2D eigenvalue weighted by Crippen LogP contribution is 2.21. The average molecular weight is 329 g/mol. The first-order chi connectivity index (χ1) is 10.3. The molecule has 2 heterocycles. The Morgan fingerprint density at radius 1 is 1.41 bits per heavy atom. The zero-order chi connectivity index (χ0) is 16.3. The molecule has 0 aromatic carbocycles. The molecule has 1 aliphatic heterocycles. The van der Waals surface area contributed by atoms with Crippen LogP contribution in [0, 0.1) is 0 Å². The highest BCUT2D eigenvalue weighted by Gasteiger charge is 2.36. The Morgan fingerprint density at radius 2 is 2.05 bits per heavy atom. The fourth-order valence-corrected chi connectivity index (χ4v) is 2.79. The summed E-state index contributed by atoms with van der Waals surface area (Å²) < 4.78 is 1.62. The Balaban J connectivity index is 1.94. The standard InChI is InChI=1S/C15H25ClN4O2/c1-4-13(21)11-18-5-7-19(8-6-18)14(22)15(2,3)20-10-12(16)9-17-20/h9-10,13,21H,4-8,11H2,1-3H3. The number of halogens is 1. The molecule has 0 aliphatic carbocycles. The van der Waals surface area contributed by atoms with E-state index in [9.17, 15) is 9.90 Å². The van der Waals surface area contributed by atoms with Gasteiger partial charge in [0.1, 0.15) is 5.54 Å². The molecular formula is C15H25ClN4O2. The van der Waals surface area contributed by atoms with Crippen molar-refractivity contribution in [1.29, 1.82) is 0 Å². The molecule has 1 N–H and O–H groups in total. The minimum Gasteiger partial charge on any atom is -0.392 e. The third-order valence-corrected chi connectivity index (χ3v) is 4.44. The zero-order valence-electron chi connectivity index (χ0n) is 13.5. The van der Waals surface area contributed by atoms with Gasteiger partial charge in [-0.25, -0.2) is 0 Å². The maximum atomic E-state index is 12.8. The van der Waals surface area contributed by atoms with Crippen LogP contribution in [0.25, 0.3) is 0 Å². The topological polar surface area (TPSA) is 61.6 Å². The van der Waals surface area contributed by atoms with E-state index in [4.69, 9.17) is 11.6 Å². The molecule has 1 aromatic rings. The predicted octanol–water partition coefficient (Wildman–Crippen LogP) is 1.19. The lowest BCUT2D eigenvalue weighted by Crippen LogP contribution is -2.55. The van der Waals surface area contributed by atoms with Gasteiger partial charge >= 0.3 is 0 Å². The minimum atomic E-state index is -0.752. The van der Waals surface area contributed by atoms with Crippen LogP contribution in [0.3, 0.4) is 0 Å². The molecule has 1 fully saturated rings. The summed E-state index contributed by atoms with van der Waals surface area (Å²) in [6, 6.07) is 0. The van der Waals surface area contributed by atoms with Gasteiger partial charge in [0.15, 0.2) is 0 Å². The number of nitrogens with zero attached hydrogens (tertiary/aromatic N) is 4. The van der Waals surface area contributed by atoms with Crippen LogP contribution in [0.2, 0.25) is 5.02 Å². The van der Waals surface area contributed by atoms with Crippen LogP contribution in [0.5, 0.6) is 0 Å². The van der Waals surface area contributed by atoms with Crippen molar-refractivity contribution in [1.82, 2.24) is 19.6 Å². The molecule has 7 heteroatoms. The van der Waals surface area contributed by atoms with E-state index in [1.165, 1.54) is 0 Å². The normalized spacial score (nSPS) is 18.5. The van der Waals surface area contributed by atoms with Crippen molar-refractivity contribution in [2.75, 3.05) is 32.7 Å². The summed E-state index contributed by atoms with van der Waals surface area (Å²) >= 11 is 5.90. The molecule has 1 saturated heterocycles. The third-order valence-electron chi connectivity index (χ3n) is 4.25. The lowest BCUT2D eigenvalue weighted by Gasteiger charge is -2.39. The second-order valence-corrected chi connectivity index (χ2v) is 6.75. The van der Waals surface area contributed by atoms with Crippen molar-refractivity contribution >= 4 is 17.5 Å². The summed E-state index contributed by atoms with van der Waals surface area (Å²) in [4.78, 5) is 16.8. The molecule has 1 atom stereocenters. The Bertz CT molecular complexity index is 509. The molecule has 2 rings (SSSR count). The number of rotatable bonds is 5. The minimum absolute atomic E-state index is 0.0444. The van der Waals surface area contributed by atoms with Crippen LogP contribution in [0.4, 0.5) is 0 Å². The van der Waals surface area contributed by atoms with Gasteiger partial charge in [0.25, 0.3) is 0 Å². The number of carbonyl (C=O) groups excluding carboxylic acids is 1. The first kappa shape index (κ1) is 17.2. The van der Waals surface area contributed by atoms with Crippen LogP contribution in [-0.2, 0) is 10.3 Å². The van der Waals surface area contributed by atoms with Crippen molar-refractivity contribution in [3.05, 3.63) is 17.4 Å². The number of carbonyl (C=O) groups is 1. The van der Waals surface area contributed by atoms with Gasteiger partial charge in [-0.15, -0.1) is 0 Å². The molecule has 1 aromatic heterocycles. The Hall–Kier alpha value is -1.11. The maximum Gasteiger partial charge on any atom is 0.250 e. The molecule has 1 unspecified atom stereocenters. The summed E-state index contributed by atoms with van der Waals surface area (Å²) in [7, 11) is 0. The van der Waals surface area contributed by atoms with Crippen LogP contribution < -0.4 is 0 Å². The van der Waals surface area contributed by atoms with Gasteiger partial charge in [0.2, 0.25) is 5.91 Å². The second-order valence-electron chi connectivity index (χ2n) is 6.32. The van der Waals surface area contributed by atoms with E-state index in [0.717, 1.165) is 19.5 Å². The highest BCUT2D eigenvalue weighted by atomic mass is 35.5. The van der Waals surface area contributed by atoms with Crippen LogP contribution in [-0.4, -0.2) is 69.4 Å². The lowest BCUT2D eigenvalue weighted by atomic mass is 10.0. The highest BCUT2D eigenvalue weighted by molar-refractivity contribution is 6.30. The Kier molecular flexibility index (Phi) is 5.47. The first-order valence-electron chi connectivity index (χ1n) is 7.75. The van der Waals surface area contributed by atoms with Gasteiger partial charge in [-0.2, -0.15) is 5.10 Å². The van der Waals surface area contributed by atoms with Gasteiger partial charge in [0.05, 0.1) is 17.3 Å². The number of aliphatic hydroxyl groups is 1. The molecule has 0 bridgehead atoms. The van der Waals surface area contributed by atoms with Gasteiger partial charge in [-0.1, -0.05) is 18.5 Å². The fraction of sp³-hybridized carbons (Fsp3) is 0.733. The number of amides is 1. The Morgan fingerprint density at radius 3 is 2.55 bits per heavy atom. The van der Waals surface area contributed by atoms with Crippen molar-refractivity contribution in [2.45, 2.75) is 38.8 Å². The summed E-state index contributed by atoms with van der Waals surface area (Å²) in [5.41, 5.74) is -0.752. The van der Waals surface area contributed by atoms with Crippen molar-refractivity contribution in [3.8, 4) is 0 Å². The molecule has 1 amide bonds. The van der Waals surface area contributed by atoms with Gasteiger partial charge in [0, 0.05) is 38.9 Å². The number of aromatic nitrogens is 2. The zero-order valence-corrected chi connectivity index (χ0v) is 14.3. The summed E-state index contributed by atoms with van der Waals surface area (Å²) in [6.07, 6.45) is 3.69. The smallest absolute Gasteiger partial charge is 0.250 e. The predicted molar refractivity (Wildman–Crippen MR) is 85.9 cm³/mol. The second kappa shape index (κ2) is 6.98. The molecule has 1 aliphatic rings. The summed E-state index contributed by atoms with van der Waals surface area (Å²) in [5, 5.41) is 14.4. The van der Waals surface area contributed by atoms with E-state index in [-0.39, 0.29) is 12.0 Å². The van der Waals surface area contributed by atoms with E-state index >= 15 is 0 Å². The number of β-amino-alcohol motifs (C(OH)–C–C–N with tert-alkyl or cyclic N) is 1. The molecular weight excluding hydrogens is 304 g/mol. The molecule has 22 heavy (non-hydrogen) atoms. The molecule has 0 spiro atoms. The fourth-order valence-electron chi connectivity index (χ4n) is 2.65. The molecule has 124 valence electrons. The molecule has 6 nitrogen and oxygen atoms in total. The van der Waals surface area contributed by atoms with E-state index in [2.05, 4.69) is 10.00 Å². The monoisotopic (exact) mass is 328 g/mol. The number of aliphatic hydroxyl groups excluding tert-OH is 1. The van der Waals surface area contributed by atoms with Gasteiger partial charge in [-0.3, -0.25) is 14.4 Å². The van der Waals surface area contributed by atoms with Crippen molar-refractivity contribution < 1.29 is 9.90 Å². The summed E-state index contributed by atoms with van der Waals surface area (Å²) in [6.45, 7) is 9.29. The Labute approximate surface area is 136 Å². The van der Waals surface area contributed by atoms with Gasteiger partial charge < -0.3 is 10.0 Å². The quantitative estimate of drug-likeness (QED) is 0.882.